The largest absolute Gasteiger partial charge is 0.353 e. The molecule has 0 unspecified atom stereocenters. The molecule has 3 aromatic heterocycles. The van der Waals surface area contributed by atoms with Crippen molar-refractivity contribution in [1.82, 2.24) is 34.2 Å². The minimum Gasteiger partial charge on any atom is -0.353 e. The summed E-state index contributed by atoms with van der Waals surface area (Å²) in [5.41, 5.74) is 0.798. The van der Waals surface area contributed by atoms with Crippen LogP contribution in [0.2, 0.25) is 0 Å². The van der Waals surface area contributed by atoms with Gasteiger partial charge in [0.2, 0.25) is 0 Å². The Morgan fingerprint density at radius 2 is 1.92 bits per heavy atom. The van der Waals surface area contributed by atoms with Crippen molar-refractivity contribution < 1.29 is 8.78 Å². The second kappa shape index (κ2) is 6.36. The van der Waals surface area contributed by atoms with Crippen molar-refractivity contribution in [2.45, 2.75) is 13.1 Å². The third-order valence-corrected chi connectivity index (χ3v) is 4.50. The minimum atomic E-state index is -2.56. The molecule has 132 valence electrons. The van der Waals surface area contributed by atoms with Gasteiger partial charge in [0.1, 0.15) is 18.0 Å². The van der Waals surface area contributed by atoms with E-state index in [1.54, 1.807) is 17.2 Å². The van der Waals surface area contributed by atoms with Crippen molar-refractivity contribution >= 4 is 16.9 Å². The van der Waals surface area contributed by atoms with E-state index in [1.165, 1.54) is 12.4 Å². The highest BCUT2D eigenvalue weighted by atomic mass is 19.3. The number of aromatic nitrogens is 6. The number of alkyl halides is 2. The number of nitrogens with zero attached hydrogens (tertiary/aromatic N) is 8. The zero-order valence-electron chi connectivity index (χ0n) is 13.8. The molecule has 0 N–H and O–H groups in total. The minimum absolute atomic E-state index is 0.389. The number of halogens is 2. The maximum atomic E-state index is 12.9. The summed E-state index contributed by atoms with van der Waals surface area (Å²) in [5, 5.41) is 5.16. The molecule has 1 aliphatic heterocycles. The lowest BCUT2D eigenvalue weighted by atomic mass is 10.2. The first-order valence-electron chi connectivity index (χ1n) is 8.03. The van der Waals surface area contributed by atoms with Gasteiger partial charge in [-0.3, -0.25) is 14.1 Å². The van der Waals surface area contributed by atoms with Gasteiger partial charge in [0.15, 0.2) is 5.65 Å². The Bertz CT molecular complexity index is 865. The third-order valence-electron chi connectivity index (χ3n) is 4.50. The number of anilines is 1. The van der Waals surface area contributed by atoms with Gasteiger partial charge >= 0.3 is 6.55 Å². The molecule has 1 saturated heterocycles. The van der Waals surface area contributed by atoms with Gasteiger partial charge in [0, 0.05) is 45.6 Å². The van der Waals surface area contributed by atoms with Crippen LogP contribution in [-0.4, -0.2) is 60.4 Å². The van der Waals surface area contributed by atoms with Gasteiger partial charge < -0.3 is 4.90 Å². The lowest BCUT2D eigenvalue weighted by Crippen LogP contribution is -2.46. The Morgan fingerprint density at radius 1 is 1.12 bits per heavy atom. The molecule has 4 rings (SSSR count). The van der Waals surface area contributed by atoms with Crippen LogP contribution in [0.5, 0.6) is 0 Å². The summed E-state index contributed by atoms with van der Waals surface area (Å²) in [7, 11) is 1.85. The maximum absolute atomic E-state index is 12.9. The van der Waals surface area contributed by atoms with Crippen LogP contribution in [0.3, 0.4) is 0 Å². The average Bonchev–Trinajstić information content (AvgIpc) is 3.23. The Kier molecular flexibility index (Phi) is 4.04. The zero-order chi connectivity index (χ0) is 17.4. The number of rotatable bonds is 4. The molecule has 3 aromatic rings. The highest BCUT2D eigenvalue weighted by molar-refractivity contribution is 5.86. The van der Waals surface area contributed by atoms with Crippen molar-refractivity contribution in [3.05, 3.63) is 30.7 Å². The summed E-state index contributed by atoms with van der Waals surface area (Å²) in [6, 6.07) is 0. The Hall–Kier alpha value is -2.62. The van der Waals surface area contributed by atoms with Crippen molar-refractivity contribution in [3.8, 4) is 0 Å². The van der Waals surface area contributed by atoms with Crippen LogP contribution in [0.25, 0.3) is 11.0 Å². The van der Waals surface area contributed by atoms with Crippen molar-refractivity contribution in [2.75, 3.05) is 31.1 Å². The molecule has 0 spiro atoms. The fourth-order valence-electron chi connectivity index (χ4n) is 3.16. The Balaban J connectivity index is 1.45. The van der Waals surface area contributed by atoms with Crippen LogP contribution >= 0.6 is 0 Å². The summed E-state index contributed by atoms with van der Waals surface area (Å²) in [6.45, 7) is 0.881. The van der Waals surface area contributed by atoms with E-state index >= 15 is 0 Å². The van der Waals surface area contributed by atoms with Crippen LogP contribution in [0.15, 0.2) is 24.9 Å². The first-order chi connectivity index (χ1) is 12.1. The highest BCUT2D eigenvalue weighted by Gasteiger charge is 2.22. The second-order valence-electron chi connectivity index (χ2n) is 5.99. The molecule has 0 atom stereocenters. The number of hydrogen-bond acceptors (Lipinski definition) is 6. The van der Waals surface area contributed by atoms with E-state index in [0.29, 0.717) is 12.4 Å². The summed E-state index contributed by atoms with van der Waals surface area (Å²) in [4.78, 5) is 17.0. The number of imidazole rings is 1. The second-order valence-corrected chi connectivity index (χ2v) is 5.99. The fourth-order valence-corrected chi connectivity index (χ4v) is 3.16. The number of fused-ring (bicyclic) bond motifs is 1. The molecular formula is C15H18F2N8. The van der Waals surface area contributed by atoms with Crippen LogP contribution < -0.4 is 4.90 Å². The molecule has 0 bridgehead atoms. The molecule has 0 radical (unpaired) electrons. The van der Waals surface area contributed by atoms with E-state index in [2.05, 4.69) is 29.9 Å². The van der Waals surface area contributed by atoms with Crippen LogP contribution in [0.1, 0.15) is 12.4 Å². The Labute approximate surface area is 142 Å². The quantitative estimate of drug-likeness (QED) is 0.708. The fraction of sp³-hybridized carbons (Fsp3) is 0.467. The molecule has 0 amide bonds. The standard InChI is InChI=1S/C15H18F2N8/c1-22-13-11(8-21-22)14(20-10-19-13)24-6-4-23(5-7-24)9-12-18-2-3-25(12)15(16)17/h2-3,8,10,15H,4-7,9H2,1H3. The van der Waals surface area contributed by atoms with Crippen molar-refractivity contribution in [3.63, 3.8) is 0 Å². The molecule has 1 fully saturated rings. The van der Waals surface area contributed by atoms with E-state index in [1.807, 2.05) is 7.05 Å². The molecule has 10 heteroatoms. The molecule has 4 heterocycles. The molecule has 0 aliphatic carbocycles. The maximum Gasteiger partial charge on any atom is 0.319 e. The van der Waals surface area contributed by atoms with E-state index in [4.69, 9.17) is 0 Å². The lowest BCUT2D eigenvalue weighted by molar-refractivity contribution is 0.0637. The summed E-state index contributed by atoms with van der Waals surface area (Å²) in [5.74, 6) is 1.26. The van der Waals surface area contributed by atoms with Crippen molar-refractivity contribution in [2.24, 2.45) is 7.05 Å². The molecule has 0 aromatic carbocycles. The van der Waals surface area contributed by atoms with Gasteiger partial charge in [-0.15, -0.1) is 0 Å². The molecule has 8 nitrogen and oxygen atoms in total. The smallest absolute Gasteiger partial charge is 0.319 e. The highest BCUT2D eigenvalue weighted by Crippen LogP contribution is 2.23. The topological polar surface area (TPSA) is 67.9 Å². The number of aryl methyl sites for hydroxylation is 1. The Morgan fingerprint density at radius 3 is 2.68 bits per heavy atom. The van der Waals surface area contributed by atoms with Crippen LogP contribution in [0, 0.1) is 0 Å². The monoisotopic (exact) mass is 348 g/mol. The lowest BCUT2D eigenvalue weighted by Gasteiger charge is -2.35. The van der Waals surface area contributed by atoms with E-state index < -0.39 is 6.55 Å². The first-order valence-corrected chi connectivity index (χ1v) is 8.03. The van der Waals surface area contributed by atoms with Gasteiger partial charge in [0.05, 0.1) is 18.1 Å². The van der Waals surface area contributed by atoms with Crippen molar-refractivity contribution in [1.29, 1.82) is 0 Å². The average molecular weight is 348 g/mol. The normalized spacial score (nSPS) is 16.2. The van der Waals surface area contributed by atoms with Gasteiger partial charge in [-0.25, -0.2) is 15.0 Å². The van der Waals surface area contributed by atoms with Gasteiger partial charge in [-0.1, -0.05) is 0 Å². The zero-order valence-corrected chi connectivity index (χ0v) is 13.8. The summed E-state index contributed by atoms with van der Waals surface area (Å²) < 4.78 is 28.5. The van der Waals surface area contributed by atoms with Crippen LogP contribution in [0.4, 0.5) is 14.6 Å². The number of hydrogen-bond donors (Lipinski definition) is 0. The van der Waals surface area contributed by atoms with E-state index in [-0.39, 0.29) is 0 Å². The van der Waals surface area contributed by atoms with Gasteiger partial charge in [-0.2, -0.15) is 13.9 Å². The first kappa shape index (κ1) is 15.9. The molecule has 0 saturated carbocycles. The molecule has 1 aliphatic rings. The predicted molar refractivity (Wildman–Crippen MR) is 87.3 cm³/mol. The van der Waals surface area contributed by atoms with Gasteiger partial charge in [0.25, 0.3) is 0 Å². The van der Waals surface area contributed by atoms with E-state index in [9.17, 15) is 8.78 Å². The van der Waals surface area contributed by atoms with Gasteiger partial charge in [-0.05, 0) is 0 Å². The SMILES string of the molecule is Cn1ncc2c(N3CCN(Cc4nccn4C(F)F)CC3)ncnc21. The predicted octanol–water partition coefficient (Wildman–Crippen LogP) is 1.28. The molecule has 25 heavy (non-hydrogen) atoms. The van der Waals surface area contributed by atoms with Crippen LogP contribution in [-0.2, 0) is 13.6 Å². The molecular weight excluding hydrogens is 330 g/mol. The summed E-state index contributed by atoms with van der Waals surface area (Å²) in [6.07, 6.45) is 6.05. The number of piperazine rings is 1. The third kappa shape index (κ3) is 2.93. The van der Waals surface area contributed by atoms with E-state index in [0.717, 1.165) is 47.6 Å². The summed E-state index contributed by atoms with van der Waals surface area (Å²) >= 11 is 0.